The molecule has 0 aromatic heterocycles. The van der Waals surface area contributed by atoms with Gasteiger partial charge in [-0.05, 0) is 11.8 Å². The van der Waals surface area contributed by atoms with Gasteiger partial charge in [0.2, 0.25) is 0 Å². The van der Waals surface area contributed by atoms with E-state index in [4.69, 9.17) is 0 Å². The molecule has 1 aliphatic heterocycles. The van der Waals surface area contributed by atoms with Crippen LogP contribution in [0.15, 0.2) is 10.6 Å². The first-order chi connectivity index (χ1) is 7.93. The van der Waals surface area contributed by atoms with Crippen LogP contribution < -0.4 is 5.32 Å². The van der Waals surface area contributed by atoms with Crippen LogP contribution >= 0.6 is 11.8 Å². The Balaban J connectivity index is 2.20. The van der Waals surface area contributed by atoms with Gasteiger partial charge < -0.3 is 5.32 Å². The van der Waals surface area contributed by atoms with Crippen LogP contribution in [0, 0.1) is 5.41 Å². The van der Waals surface area contributed by atoms with Crippen molar-refractivity contribution in [3.63, 3.8) is 0 Å². The summed E-state index contributed by atoms with van der Waals surface area (Å²) in [5.74, 6) is -0.506. The summed E-state index contributed by atoms with van der Waals surface area (Å²) >= 11 is 1.31. The predicted molar refractivity (Wildman–Crippen MR) is 61.6 cm³/mol. The average molecular weight is 259 g/mol. The van der Waals surface area contributed by atoms with E-state index in [9.17, 15) is 14.1 Å². The highest BCUT2D eigenvalue weighted by atomic mass is 32.2. The Morgan fingerprint density at radius 2 is 2.24 bits per heavy atom. The maximum atomic E-state index is 11.9. The van der Waals surface area contributed by atoms with Gasteiger partial charge in [0.15, 0.2) is 5.78 Å². The molecule has 94 valence electrons. The van der Waals surface area contributed by atoms with Gasteiger partial charge >= 0.3 is 5.97 Å². The Morgan fingerprint density at radius 1 is 1.53 bits per heavy atom. The van der Waals surface area contributed by atoms with Crippen LogP contribution in [-0.2, 0) is 14.5 Å². The molecule has 0 radical (unpaired) electrons. The maximum Gasteiger partial charge on any atom is 0.371 e. The van der Waals surface area contributed by atoms with E-state index in [1.165, 1.54) is 11.8 Å². The van der Waals surface area contributed by atoms with Gasteiger partial charge in [-0.25, -0.2) is 4.79 Å². The molecule has 0 fully saturated rings. The largest absolute Gasteiger partial charge is 0.374 e. The molecule has 0 saturated heterocycles. The lowest BCUT2D eigenvalue weighted by molar-refractivity contribution is -0.185. The highest BCUT2D eigenvalue weighted by molar-refractivity contribution is 8.04. The van der Waals surface area contributed by atoms with Crippen LogP contribution in [0.5, 0.6) is 0 Å². The van der Waals surface area contributed by atoms with Crippen LogP contribution in [0.4, 0.5) is 4.53 Å². The summed E-state index contributed by atoms with van der Waals surface area (Å²) in [7, 11) is 0. The molecule has 6 heteroatoms. The fourth-order valence-corrected chi connectivity index (χ4v) is 3.28. The Kier molecular flexibility index (Phi) is 3.16. The lowest BCUT2D eigenvalue weighted by Gasteiger charge is -2.36. The first kappa shape index (κ1) is 12.4. The minimum atomic E-state index is -0.931. The summed E-state index contributed by atoms with van der Waals surface area (Å²) in [6.45, 7) is 4.00. The Labute approximate surface area is 103 Å². The summed E-state index contributed by atoms with van der Waals surface area (Å²) in [5.41, 5.74) is 0.628. The standard InChI is InChI=1S/C11H14FNO3S/c1-11(2)3-6-9(8(14)4-11)17-5-7(13-6)10(15)16-12/h7,13H,3-5H2,1-2H3. The summed E-state index contributed by atoms with van der Waals surface area (Å²) in [6.07, 6.45) is 1.20. The summed E-state index contributed by atoms with van der Waals surface area (Å²) in [4.78, 5) is 26.9. The van der Waals surface area contributed by atoms with Gasteiger partial charge in [0, 0.05) is 22.4 Å². The third-order valence-corrected chi connectivity index (χ3v) is 4.19. The molecule has 0 aromatic carbocycles. The molecule has 0 amide bonds. The van der Waals surface area contributed by atoms with Gasteiger partial charge in [0.1, 0.15) is 6.04 Å². The van der Waals surface area contributed by atoms with Crippen LogP contribution in [0.25, 0.3) is 0 Å². The number of carbonyl (C=O) groups is 2. The van der Waals surface area contributed by atoms with Gasteiger partial charge in [-0.1, -0.05) is 13.8 Å². The molecule has 2 rings (SSSR count). The van der Waals surface area contributed by atoms with Crippen molar-refractivity contribution < 1.29 is 19.1 Å². The second-order valence-electron chi connectivity index (χ2n) is 5.15. The van der Waals surface area contributed by atoms with Crippen molar-refractivity contribution in [3.05, 3.63) is 10.6 Å². The summed E-state index contributed by atoms with van der Waals surface area (Å²) in [5, 5.41) is 2.92. The molecule has 1 N–H and O–H groups in total. The fraction of sp³-hybridized carbons (Fsp3) is 0.636. The second-order valence-corrected chi connectivity index (χ2v) is 6.18. The Morgan fingerprint density at radius 3 is 2.88 bits per heavy atom. The van der Waals surface area contributed by atoms with Gasteiger partial charge in [-0.2, -0.15) is 0 Å². The Bertz CT molecular complexity index is 406. The molecule has 0 saturated carbocycles. The van der Waals surface area contributed by atoms with Crippen LogP contribution in [-0.4, -0.2) is 23.5 Å². The third-order valence-electron chi connectivity index (χ3n) is 2.93. The zero-order valence-electron chi connectivity index (χ0n) is 9.71. The van der Waals surface area contributed by atoms with E-state index in [0.29, 0.717) is 23.5 Å². The third kappa shape index (κ3) is 2.46. The van der Waals surface area contributed by atoms with Crippen LogP contribution in [0.1, 0.15) is 26.7 Å². The van der Waals surface area contributed by atoms with Gasteiger partial charge in [-0.15, -0.1) is 11.8 Å². The average Bonchev–Trinajstić information content (AvgIpc) is 2.25. The number of halogens is 1. The van der Waals surface area contributed by atoms with E-state index in [1.54, 1.807) is 0 Å². The molecule has 0 aromatic rings. The molecule has 1 heterocycles. The molecule has 2 aliphatic rings. The number of nitrogens with one attached hydrogen (secondary N) is 1. The van der Waals surface area contributed by atoms with Crippen molar-refractivity contribution >= 4 is 23.5 Å². The first-order valence-electron chi connectivity index (χ1n) is 5.41. The zero-order valence-corrected chi connectivity index (χ0v) is 10.5. The number of carbonyl (C=O) groups excluding carboxylic acids is 2. The quantitative estimate of drug-likeness (QED) is 0.777. The number of hydrogen-bond donors (Lipinski definition) is 1. The normalized spacial score (nSPS) is 27.2. The van der Waals surface area contributed by atoms with Crippen molar-refractivity contribution in [1.82, 2.24) is 5.32 Å². The van der Waals surface area contributed by atoms with E-state index in [2.05, 4.69) is 10.3 Å². The summed E-state index contributed by atoms with van der Waals surface area (Å²) in [6, 6.07) is -0.703. The first-order valence-corrected chi connectivity index (χ1v) is 6.39. The number of thioether (sulfide) groups is 1. The molecular formula is C11H14FNO3S. The number of ketones is 1. The van der Waals surface area contributed by atoms with E-state index < -0.39 is 12.0 Å². The topological polar surface area (TPSA) is 55.4 Å². The highest BCUT2D eigenvalue weighted by Gasteiger charge is 2.38. The molecule has 17 heavy (non-hydrogen) atoms. The molecule has 1 unspecified atom stereocenters. The molecule has 1 atom stereocenters. The van der Waals surface area contributed by atoms with Gasteiger partial charge in [-0.3, -0.25) is 9.74 Å². The molecular weight excluding hydrogens is 245 g/mol. The van der Waals surface area contributed by atoms with Crippen molar-refractivity contribution in [3.8, 4) is 0 Å². The van der Waals surface area contributed by atoms with Crippen molar-refractivity contribution in [2.24, 2.45) is 5.41 Å². The SMILES string of the molecule is CC1(C)CC(=O)C2=C(C1)NC(C(=O)OF)CS2. The second kappa shape index (κ2) is 4.33. The lowest BCUT2D eigenvalue weighted by atomic mass is 9.78. The summed E-state index contributed by atoms with van der Waals surface area (Å²) < 4.78 is 11.8. The minimum absolute atomic E-state index is 0.0980. The monoisotopic (exact) mass is 259 g/mol. The van der Waals surface area contributed by atoms with Crippen molar-refractivity contribution in [1.29, 1.82) is 0 Å². The van der Waals surface area contributed by atoms with Gasteiger partial charge in [0.25, 0.3) is 0 Å². The predicted octanol–water partition coefficient (Wildman–Crippen LogP) is 1.72. The zero-order chi connectivity index (χ0) is 12.6. The van der Waals surface area contributed by atoms with Crippen molar-refractivity contribution in [2.75, 3.05) is 5.75 Å². The van der Waals surface area contributed by atoms with E-state index in [-0.39, 0.29) is 11.2 Å². The smallest absolute Gasteiger partial charge is 0.371 e. The minimum Gasteiger partial charge on any atom is -0.374 e. The Hall–Kier alpha value is -1.04. The highest BCUT2D eigenvalue weighted by Crippen LogP contribution is 2.41. The van der Waals surface area contributed by atoms with E-state index in [0.717, 1.165) is 5.70 Å². The number of Topliss-reactive ketones (excluding diaryl/α,β-unsaturated/α-hetero) is 1. The number of allylic oxidation sites excluding steroid dienone is 2. The van der Waals surface area contributed by atoms with Crippen LogP contribution in [0.2, 0.25) is 0 Å². The van der Waals surface area contributed by atoms with E-state index >= 15 is 0 Å². The molecule has 0 spiro atoms. The number of rotatable bonds is 1. The van der Waals surface area contributed by atoms with Crippen molar-refractivity contribution in [2.45, 2.75) is 32.7 Å². The van der Waals surface area contributed by atoms with Gasteiger partial charge in [0.05, 0.1) is 4.91 Å². The molecule has 1 aliphatic carbocycles. The van der Waals surface area contributed by atoms with Crippen LogP contribution in [0.3, 0.4) is 0 Å². The maximum absolute atomic E-state index is 11.9. The fourth-order valence-electron chi connectivity index (χ4n) is 2.19. The molecule has 0 bridgehead atoms. The van der Waals surface area contributed by atoms with E-state index in [1.807, 2.05) is 13.8 Å². The number of hydrogen-bond acceptors (Lipinski definition) is 5. The molecule has 4 nitrogen and oxygen atoms in total. The lowest BCUT2D eigenvalue weighted by Crippen LogP contribution is -2.45.